The molecule has 0 spiro atoms. The largest absolute Gasteiger partial charge is 0.466 e. The molecule has 2 fully saturated rings. The van der Waals surface area contributed by atoms with Crippen molar-refractivity contribution in [2.45, 2.75) is 45.6 Å². The van der Waals surface area contributed by atoms with E-state index in [9.17, 15) is 9.59 Å². The summed E-state index contributed by atoms with van der Waals surface area (Å²) < 4.78 is 5.17. The zero-order chi connectivity index (χ0) is 20.4. The highest BCUT2D eigenvalue weighted by Gasteiger charge is 2.38. The molecule has 4 rings (SSSR count). The normalized spacial score (nSPS) is 22.1. The van der Waals surface area contributed by atoms with Gasteiger partial charge in [-0.15, -0.1) is 0 Å². The van der Waals surface area contributed by atoms with Crippen LogP contribution in [-0.2, 0) is 14.3 Å². The maximum atomic E-state index is 13.3. The van der Waals surface area contributed by atoms with Gasteiger partial charge in [-0.25, -0.2) is 9.97 Å². The summed E-state index contributed by atoms with van der Waals surface area (Å²) in [7, 11) is 0. The van der Waals surface area contributed by atoms with Gasteiger partial charge in [0.2, 0.25) is 11.9 Å². The molecule has 7 heteroatoms. The Kier molecular flexibility index (Phi) is 5.65. The number of rotatable bonds is 4. The number of carbonyl (C=O) groups is 2. The average Bonchev–Trinajstić information content (AvgIpc) is 3.23. The number of benzene rings is 1. The van der Waals surface area contributed by atoms with Crippen molar-refractivity contribution in [2.24, 2.45) is 5.92 Å². The van der Waals surface area contributed by atoms with E-state index in [-0.39, 0.29) is 23.8 Å². The van der Waals surface area contributed by atoms with Crippen molar-refractivity contribution in [1.29, 1.82) is 0 Å². The van der Waals surface area contributed by atoms with Gasteiger partial charge < -0.3 is 14.5 Å². The van der Waals surface area contributed by atoms with Crippen LogP contribution in [0.15, 0.2) is 24.3 Å². The number of likely N-dealkylation sites (tertiary alicyclic amines) is 1. The van der Waals surface area contributed by atoms with Crippen molar-refractivity contribution in [2.75, 3.05) is 31.1 Å². The van der Waals surface area contributed by atoms with Gasteiger partial charge in [0.05, 0.1) is 23.7 Å². The van der Waals surface area contributed by atoms with E-state index >= 15 is 0 Å². The Bertz CT molecular complexity index is 916. The first-order valence-electron chi connectivity index (χ1n) is 10.5. The second-order valence-corrected chi connectivity index (χ2v) is 7.85. The SMILES string of the molecule is CCOC(=O)C1CCCN(C(=O)C2CCCN2c2nc(C)c3ccccc3n2)C1. The van der Waals surface area contributed by atoms with Gasteiger partial charge >= 0.3 is 5.97 Å². The van der Waals surface area contributed by atoms with Gasteiger partial charge in [-0.3, -0.25) is 9.59 Å². The van der Waals surface area contributed by atoms with Crippen LogP contribution in [0.5, 0.6) is 0 Å². The van der Waals surface area contributed by atoms with Crippen molar-refractivity contribution >= 4 is 28.7 Å². The van der Waals surface area contributed by atoms with Crippen molar-refractivity contribution < 1.29 is 14.3 Å². The number of anilines is 1. The highest BCUT2D eigenvalue weighted by molar-refractivity contribution is 5.87. The molecule has 2 unspecified atom stereocenters. The third kappa shape index (κ3) is 3.91. The molecule has 154 valence electrons. The molecule has 0 radical (unpaired) electrons. The minimum Gasteiger partial charge on any atom is -0.466 e. The van der Waals surface area contributed by atoms with E-state index in [4.69, 9.17) is 14.7 Å². The lowest BCUT2D eigenvalue weighted by molar-refractivity contribution is -0.151. The zero-order valence-corrected chi connectivity index (χ0v) is 17.1. The van der Waals surface area contributed by atoms with Crippen LogP contribution in [-0.4, -0.2) is 59.0 Å². The van der Waals surface area contributed by atoms with Crippen LogP contribution in [0.2, 0.25) is 0 Å². The second kappa shape index (κ2) is 8.35. The molecule has 1 aromatic carbocycles. The fourth-order valence-electron chi connectivity index (χ4n) is 4.45. The molecule has 0 aliphatic carbocycles. The number of fused-ring (bicyclic) bond motifs is 1. The molecule has 2 aliphatic rings. The first-order valence-corrected chi connectivity index (χ1v) is 10.5. The van der Waals surface area contributed by atoms with Gasteiger partial charge in [-0.2, -0.15) is 0 Å². The number of ether oxygens (including phenoxy) is 1. The molecule has 1 amide bonds. The molecular weight excluding hydrogens is 368 g/mol. The molecular formula is C22H28N4O3. The summed E-state index contributed by atoms with van der Waals surface area (Å²) in [6, 6.07) is 7.68. The summed E-state index contributed by atoms with van der Waals surface area (Å²) in [5.41, 5.74) is 1.82. The van der Waals surface area contributed by atoms with E-state index in [0.29, 0.717) is 25.6 Å². The standard InChI is InChI=1S/C22H28N4O3/c1-3-29-21(28)16-8-6-12-25(14-16)20(27)19-11-7-13-26(19)22-23-15(2)17-9-4-5-10-18(17)24-22/h4-5,9-10,16,19H,3,6-8,11-14H2,1-2H3. The first-order chi connectivity index (χ1) is 14.1. The van der Waals surface area contributed by atoms with Crippen LogP contribution in [0.3, 0.4) is 0 Å². The van der Waals surface area contributed by atoms with Crippen LogP contribution in [0.4, 0.5) is 5.95 Å². The second-order valence-electron chi connectivity index (χ2n) is 7.85. The maximum absolute atomic E-state index is 13.3. The molecule has 2 aromatic rings. The molecule has 0 bridgehead atoms. The van der Waals surface area contributed by atoms with Gasteiger partial charge in [-0.05, 0) is 45.6 Å². The van der Waals surface area contributed by atoms with Crippen molar-refractivity contribution in [1.82, 2.24) is 14.9 Å². The fourth-order valence-corrected chi connectivity index (χ4v) is 4.45. The number of aryl methyl sites for hydroxylation is 1. The monoisotopic (exact) mass is 396 g/mol. The number of amides is 1. The molecule has 2 saturated heterocycles. The number of esters is 1. The Hall–Kier alpha value is -2.70. The Morgan fingerprint density at radius 3 is 2.76 bits per heavy atom. The Morgan fingerprint density at radius 1 is 1.14 bits per heavy atom. The number of nitrogens with zero attached hydrogens (tertiary/aromatic N) is 4. The number of aromatic nitrogens is 2. The molecule has 0 N–H and O–H groups in total. The summed E-state index contributed by atoms with van der Waals surface area (Å²) in [6.45, 7) is 6.07. The van der Waals surface area contributed by atoms with Gasteiger partial charge in [-0.1, -0.05) is 18.2 Å². The summed E-state index contributed by atoms with van der Waals surface area (Å²) in [5, 5.41) is 1.03. The van der Waals surface area contributed by atoms with E-state index < -0.39 is 0 Å². The van der Waals surface area contributed by atoms with Gasteiger partial charge in [0.25, 0.3) is 0 Å². The summed E-state index contributed by atoms with van der Waals surface area (Å²) in [4.78, 5) is 38.8. The van der Waals surface area contributed by atoms with Crippen molar-refractivity contribution in [3.05, 3.63) is 30.0 Å². The minimum absolute atomic E-state index is 0.0749. The van der Waals surface area contributed by atoms with E-state index in [1.54, 1.807) is 0 Å². The van der Waals surface area contributed by atoms with Crippen LogP contribution in [0.1, 0.15) is 38.3 Å². The van der Waals surface area contributed by atoms with Crippen LogP contribution < -0.4 is 4.90 Å². The molecule has 29 heavy (non-hydrogen) atoms. The maximum Gasteiger partial charge on any atom is 0.310 e. The van der Waals surface area contributed by atoms with E-state index in [0.717, 1.165) is 48.8 Å². The zero-order valence-electron chi connectivity index (χ0n) is 17.1. The quantitative estimate of drug-likeness (QED) is 0.740. The summed E-state index contributed by atoms with van der Waals surface area (Å²) in [6.07, 6.45) is 3.33. The Labute approximate surface area is 171 Å². The predicted octanol–water partition coefficient (Wildman–Crippen LogP) is 2.71. The molecule has 3 heterocycles. The summed E-state index contributed by atoms with van der Waals surface area (Å²) in [5.74, 6) is 0.283. The molecule has 2 aliphatic heterocycles. The Morgan fingerprint density at radius 2 is 1.93 bits per heavy atom. The third-order valence-corrected chi connectivity index (χ3v) is 5.93. The molecule has 2 atom stereocenters. The lowest BCUT2D eigenvalue weighted by atomic mass is 9.97. The molecule has 1 aromatic heterocycles. The lowest BCUT2D eigenvalue weighted by Gasteiger charge is -2.35. The first kappa shape index (κ1) is 19.6. The Balaban J connectivity index is 1.54. The number of piperidine rings is 1. The van der Waals surface area contributed by atoms with Crippen LogP contribution >= 0.6 is 0 Å². The van der Waals surface area contributed by atoms with E-state index in [2.05, 4.69) is 0 Å². The lowest BCUT2D eigenvalue weighted by Crippen LogP contribution is -2.50. The minimum atomic E-state index is -0.267. The van der Waals surface area contributed by atoms with E-state index in [1.807, 2.05) is 47.9 Å². The van der Waals surface area contributed by atoms with Crippen molar-refractivity contribution in [3.8, 4) is 0 Å². The van der Waals surface area contributed by atoms with Crippen molar-refractivity contribution in [3.63, 3.8) is 0 Å². The molecule has 7 nitrogen and oxygen atoms in total. The van der Waals surface area contributed by atoms with Crippen LogP contribution in [0.25, 0.3) is 10.9 Å². The van der Waals surface area contributed by atoms with Crippen LogP contribution in [0, 0.1) is 12.8 Å². The van der Waals surface area contributed by atoms with Gasteiger partial charge in [0.15, 0.2) is 0 Å². The number of para-hydroxylation sites is 1. The topological polar surface area (TPSA) is 75.6 Å². The number of carbonyl (C=O) groups excluding carboxylic acids is 2. The third-order valence-electron chi connectivity index (χ3n) is 5.93. The van der Waals surface area contributed by atoms with Gasteiger partial charge in [0.1, 0.15) is 6.04 Å². The number of hydrogen-bond acceptors (Lipinski definition) is 6. The smallest absolute Gasteiger partial charge is 0.310 e. The number of hydrogen-bond donors (Lipinski definition) is 0. The highest BCUT2D eigenvalue weighted by Crippen LogP contribution is 2.28. The predicted molar refractivity (Wildman–Crippen MR) is 111 cm³/mol. The molecule has 0 saturated carbocycles. The fraction of sp³-hybridized carbons (Fsp3) is 0.545. The van der Waals surface area contributed by atoms with Gasteiger partial charge in [0, 0.05) is 25.0 Å². The summed E-state index contributed by atoms with van der Waals surface area (Å²) >= 11 is 0. The van der Waals surface area contributed by atoms with E-state index in [1.165, 1.54) is 0 Å². The average molecular weight is 396 g/mol. The highest BCUT2D eigenvalue weighted by atomic mass is 16.5.